The Bertz CT molecular complexity index is 1530. The first kappa shape index (κ1) is 30.7. The van der Waals surface area contributed by atoms with E-state index in [1.54, 1.807) is 19.1 Å². The van der Waals surface area contributed by atoms with Crippen LogP contribution in [0.2, 0.25) is 0 Å². The summed E-state index contributed by atoms with van der Waals surface area (Å²) in [5.74, 6) is 0.174. The van der Waals surface area contributed by atoms with Crippen molar-refractivity contribution < 1.29 is 29.0 Å². The number of carbonyl (C=O) groups excluding carboxylic acids is 3. The molecule has 1 aromatic heterocycles. The zero-order chi connectivity index (χ0) is 31.6. The highest BCUT2D eigenvalue weighted by Gasteiger charge is 2.50. The number of aromatic nitrogens is 1. The number of rotatable bonds is 12. The van der Waals surface area contributed by atoms with Crippen LogP contribution in [-0.2, 0) is 32.0 Å². The summed E-state index contributed by atoms with van der Waals surface area (Å²) in [5.41, 5.74) is 1.20. The number of nitrogens with one attached hydrogen (secondary N) is 4. The number of carbonyl (C=O) groups is 4. The van der Waals surface area contributed by atoms with Crippen LogP contribution in [0.1, 0.15) is 56.6 Å². The first-order chi connectivity index (χ1) is 21.7. The van der Waals surface area contributed by atoms with Gasteiger partial charge in [-0.2, -0.15) is 0 Å². The number of para-hydroxylation sites is 1. The van der Waals surface area contributed by atoms with Gasteiger partial charge in [0.05, 0.1) is 0 Å². The fourth-order valence-corrected chi connectivity index (χ4v) is 8.09. The van der Waals surface area contributed by atoms with Gasteiger partial charge in [-0.15, -0.1) is 0 Å². The largest absolute Gasteiger partial charge is 0.480 e. The number of carboxylic acid groups (broad SMARTS) is 1. The molecule has 7 rings (SSSR count). The lowest BCUT2D eigenvalue weighted by Gasteiger charge is -2.53. The first-order valence-corrected chi connectivity index (χ1v) is 16.0. The summed E-state index contributed by atoms with van der Waals surface area (Å²) in [6.45, 7) is 1.64. The van der Waals surface area contributed by atoms with Crippen LogP contribution < -0.4 is 16.0 Å². The van der Waals surface area contributed by atoms with Gasteiger partial charge >= 0.3 is 12.1 Å². The number of fused-ring (bicyclic) bond motifs is 1. The summed E-state index contributed by atoms with van der Waals surface area (Å²) in [5, 5.41) is 18.8. The van der Waals surface area contributed by atoms with Gasteiger partial charge in [0.15, 0.2) is 0 Å². The van der Waals surface area contributed by atoms with Crippen molar-refractivity contribution in [1.29, 1.82) is 0 Å². The number of ether oxygens (including phenoxy) is 1. The number of hydrogen-bond acceptors (Lipinski definition) is 5. The van der Waals surface area contributed by atoms with Gasteiger partial charge in [0.25, 0.3) is 0 Å². The van der Waals surface area contributed by atoms with Crippen molar-refractivity contribution in [3.63, 3.8) is 0 Å². The highest BCUT2D eigenvalue weighted by atomic mass is 16.6. The molecule has 238 valence electrons. The van der Waals surface area contributed by atoms with E-state index < -0.39 is 35.5 Å². The Morgan fingerprint density at radius 1 is 0.956 bits per heavy atom. The predicted molar refractivity (Wildman–Crippen MR) is 168 cm³/mol. The molecule has 0 saturated heterocycles. The number of alkyl carbamates (subject to hydrolysis) is 1. The second-order valence-corrected chi connectivity index (χ2v) is 13.4. The van der Waals surface area contributed by atoms with E-state index in [1.165, 1.54) is 6.42 Å². The molecule has 3 aromatic rings. The Kier molecular flexibility index (Phi) is 8.83. The monoisotopic (exact) mass is 614 g/mol. The quantitative estimate of drug-likeness (QED) is 0.205. The molecule has 5 N–H and O–H groups in total. The molecule has 2 aromatic carbocycles. The van der Waals surface area contributed by atoms with Gasteiger partial charge in [0.2, 0.25) is 11.8 Å². The highest BCUT2D eigenvalue weighted by Crippen LogP contribution is 2.54. The van der Waals surface area contributed by atoms with E-state index in [2.05, 4.69) is 20.9 Å². The van der Waals surface area contributed by atoms with Gasteiger partial charge in [-0.25, -0.2) is 9.59 Å². The molecule has 10 nitrogen and oxygen atoms in total. The molecular weight excluding hydrogens is 572 g/mol. The molecule has 4 saturated carbocycles. The van der Waals surface area contributed by atoms with Crippen LogP contribution in [0.25, 0.3) is 10.9 Å². The summed E-state index contributed by atoms with van der Waals surface area (Å²) >= 11 is 0. The van der Waals surface area contributed by atoms with Gasteiger partial charge in [0.1, 0.15) is 17.7 Å². The summed E-state index contributed by atoms with van der Waals surface area (Å²) < 4.78 is 6.08. The molecule has 45 heavy (non-hydrogen) atoms. The SMILES string of the molecule is CC(Cc1c[nH]c2ccccc12)(NC(=O)OC1C2CC3CC(C2)CC1C3)C(=O)NCCC(=O)NC(Cc1ccccc1)C(=O)O. The van der Waals surface area contributed by atoms with Gasteiger partial charge in [0, 0.05) is 42.9 Å². The molecule has 1 heterocycles. The summed E-state index contributed by atoms with van der Waals surface area (Å²) in [6, 6.07) is 15.7. The normalized spacial score (nSPS) is 25.2. The predicted octanol–water partition coefficient (Wildman–Crippen LogP) is 4.34. The highest BCUT2D eigenvalue weighted by molar-refractivity contribution is 5.92. The number of benzene rings is 2. The molecule has 0 radical (unpaired) electrons. The third kappa shape index (κ3) is 7.00. The number of aliphatic carboxylic acids is 1. The van der Waals surface area contributed by atoms with Crippen molar-refractivity contribution in [1.82, 2.24) is 20.9 Å². The number of H-pyrrole nitrogens is 1. The average molecular weight is 615 g/mol. The maximum absolute atomic E-state index is 13.7. The number of carboxylic acids is 1. The summed E-state index contributed by atoms with van der Waals surface area (Å²) in [4.78, 5) is 54.9. The third-order valence-corrected chi connectivity index (χ3v) is 10.0. The Balaban J connectivity index is 1.10. The van der Waals surface area contributed by atoms with Gasteiger partial charge in [-0.05, 0) is 79.9 Å². The van der Waals surface area contributed by atoms with Crippen molar-refractivity contribution in [3.8, 4) is 0 Å². The van der Waals surface area contributed by atoms with Crippen LogP contribution in [0.3, 0.4) is 0 Å². The van der Waals surface area contributed by atoms with Crippen molar-refractivity contribution in [2.24, 2.45) is 23.7 Å². The number of hydrogen-bond donors (Lipinski definition) is 5. The maximum atomic E-state index is 13.7. The minimum absolute atomic E-state index is 0.0297. The molecule has 0 aliphatic heterocycles. The molecule has 4 bridgehead atoms. The molecule has 2 unspecified atom stereocenters. The first-order valence-electron chi connectivity index (χ1n) is 16.0. The molecule has 3 amide bonds. The van der Waals surface area contributed by atoms with E-state index in [0.29, 0.717) is 11.8 Å². The molecular formula is C35H42N4O6. The second-order valence-electron chi connectivity index (χ2n) is 13.4. The van der Waals surface area contributed by atoms with Crippen molar-refractivity contribution in [3.05, 3.63) is 71.9 Å². The van der Waals surface area contributed by atoms with Crippen LogP contribution in [0.5, 0.6) is 0 Å². The molecule has 10 heteroatoms. The minimum Gasteiger partial charge on any atom is -0.480 e. The molecule has 4 fully saturated rings. The van der Waals surface area contributed by atoms with E-state index in [4.69, 9.17) is 4.74 Å². The van der Waals surface area contributed by atoms with E-state index >= 15 is 0 Å². The standard InChI is InChI=1S/C35H42N4O6/c1-35(19-26-20-37-28-10-6-5-9-27(26)28,39-34(44)45-31-24-14-22-13-23(16-24)17-25(31)15-22)33(43)36-12-11-30(40)38-29(32(41)42)18-21-7-3-2-4-8-21/h2-10,20,22-25,29,31,37H,11-19H2,1H3,(H,36,43)(H,38,40)(H,39,44)(H,41,42). The number of aromatic amines is 1. The second kappa shape index (κ2) is 12.9. The Labute approximate surface area is 262 Å². The van der Waals surface area contributed by atoms with Crippen LogP contribution in [0.15, 0.2) is 60.8 Å². The van der Waals surface area contributed by atoms with E-state index in [-0.39, 0.29) is 31.9 Å². The van der Waals surface area contributed by atoms with E-state index in [9.17, 15) is 24.3 Å². The zero-order valence-electron chi connectivity index (χ0n) is 25.6. The fourth-order valence-electron chi connectivity index (χ4n) is 8.09. The fraction of sp³-hybridized carbons (Fsp3) is 0.486. The van der Waals surface area contributed by atoms with E-state index in [0.717, 1.165) is 59.5 Å². The molecule has 4 aliphatic rings. The van der Waals surface area contributed by atoms with Crippen molar-refractivity contribution in [2.75, 3.05) is 6.54 Å². The van der Waals surface area contributed by atoms with Gasteiger partial charge < -0.3 is 30.8 Å². The minimum atomic E-state index is -1.37. The van der Waals surface area contributed by atoms with Crippen molar-refractivity contribution in [2.45, 2.75) is 76.0 Å². The Hall–Kier alpha value is -4.34. The molecule has 2 atom stereocenters. The smallest absolute Gasteiger partial charge is 0.408 e. The topological polar surface area (TPSA) is 150 Å². The van der Waals surface area contributed by atoms with E-state index in [1.807, 2.05) is 48.7 Å². The summed E-state index contributed by atoms with van der Waals surface area (Å²) in [6.07, 6.45) is 7.06. The molecule has 0 spiro atoms. The lowest BCUT2D eigenvalue weighted by Crippen LogP contribution is -2.60. The maximum Gasteiger partial charge on any atom is 0.408 e. The molecule has 4 aliphatic carbocycles. The van der Waals surface area contributed by atoms with Crippen LogP contribution in [-0.4, -0.2) is 58.2 Å². The lowest BCUT2D eigenvalue weighted by molar-refractivity contribution is -0.141. The van der Waals surface area contributed by atoms with Gasteiger partial charge in [-0.1, -0.05) is 48.5 Å². The average Bonchev–Trinajstić information content (AvgIpc) is 3.41. The van der Waals surface area contributed by atoms with Crippen molar-refractivity contribution >= 4 is 34.8 Å². The Morgan fingerprint density at radius 2 is 1.62 bits per heavy atom. The lowest BCUT2D eigenvalue weighted by atomic mass is 9.55. The summed E-state index contributed by atoms with van der Waals surface area (Å²) in [7, 11) is 0. The van der Waals surface area contributed by atoms with Crippen LogP contribution in [0.4, 0.5) is 4.79 Å². The third-order valence-electron chi connectivity index (χ3n) is 10.0. The zero-order valence-corrected chi connectivity index (χ0v) is 25.6. The Morgan fingerprint density at radius 3 is 2.31 bits per heavy atom. The van der Waals surface area contributed by atoms with Crippen LogP contribution in [0, 0.1) is 23.7 Å². The van der Waals surface area contributed by atoms with Gasteiger partial charge in [-0.3, -0.25) is 9.59 Å². The number of amides is 3. The van der Waals surface area contributed by atoms with Crippen LogP contribution >= 0.6 is 0 Å².